The summed E-state index contributed by atoms with van der Waals surface area (Å²) < 4.78 is 0. The molecule has 0 radical (unpaired) electrons. The van der Waals surface area contributed by atoms with E-state index in [0.29, 0.717) is 16.4 Å². The van der Waals surface area contributed by atoms with E-state index < -0.39 is 11.9 Å². The number of carboxylic acid groups (broad SMARTS) is 3. The lowest BCUT2D eigenvalue weighted by Crippen LogP contribution is -1.99. The number of hydrogen-bond acceptors (Lipinski definition) is 4. The highest BCUT2D eigenvalue weighted by molar-refractivity contribution is 6.07. The topological polar surface area (TPSA) is 141 Å². The van der Waals surface area contributed by atoms with Crippen LogP contribution in [-0.4, -0.2) is 43.7 Å². The molecule has 0 saturated carbocycles. The summed E-state index contributed by atoms with van der Waals surface area (Å²) in [6, 6.07) is 7.92. The second kappa shape index (κ2) is 5.92. The third kappa shape index (κ3) is 2.70. The molecule has 4 N–H and O–H groups in total. The molecule has 112 valence electrons. The molecule has 3 rings (SSSR count). The van der Waals surface area contributed by atoms with Gasteiger partial charge in [0.05, 0.1) is 11.0 Å². The van der Waals surface area contributed by atoms with Crippen molar-refractivity contribution in [2.75, 3.05) is 0 Å². The van der Waals surface area contributed by atoms with Crippen molar-refractivity contribution in [1.82, 2.24) is 9.97 Å². The Kier molecular flexibility index (Phi) is 4.03. The molecule has 2 aromatic heterocycles. The van der Waals surface area contributed by atoms with Crippen molar-refractivity contribution in [2.45, 2.75) is 0 Å². The number of H-pyrrole nitrogens is 1. The number of aromatic nitrogens is 2. The van der Waals surface area contributed by atoms with E-state index in [2.05, 4.69) is 9.97 Å². The SMILES string of the molecule is O=C(O)c1ccc2c(ccc3cc(C(=O)O)[nH]c32)n1.O=CO. The first-order chi connectivity index (χ1) is 10.5. The van der Waals surface area contributed by atoms with E-state index in [4.69, 9.17) is 20.1 Å². The molecule has 0 bridgehead atoms. The van der Waals surface area contributed by atoms with Gasteiger partial charge in [-0.15, -0.1) is 0 Å². The molecule has 1 aromatic carbocycles. The van der Waals surface area contributed by atoms with Crippen molar-refractivity contribution in [3.8, 4) is 0 Å². The highest BCUT2D eigenvalue weighted by atomic mass is 16.4. The number of benzene rings is 1. The molecule has 0 saturated heterocycles. The van der Waals surface area contributed by atoms with Gasteiger partial charge < -0.3 is 20.3 Å². The van der Waals surface area contributed by atoms with Gasteiger partial charge >= 0.3 is 11.9 Å². The van der Waals surface area contributed by atoms with Crippen LogP contribution >= 0.6 is 0 Å². The average molecular weight is 302 g/mol. The first kappa shape index (κ1) is 15.0. The number of rotatable bonds is 2. The zero-order valence-electron chi connectivity index (χ0n) is 11.0. The first-order valence-corrected chi connectivity index (χ1v) is 5.95. The Morgan fingerprint density at radius 1 is 1.09 bits per heavy atom. The Bertz CT molecular complexity index is 884. The molecule has 2 heterocycles. The molecule has 8 heteroatoms. The van der Waals surface area contributed by atoms with Gasteiger partial charge in [0.1, 0.15) is 11.4 Å². The molecular formula is C14H10N2O6. The highest BCUT2D eigenvalue weighted by Gasteiger charge is 2.11. The summed E-state index contributed by atoms with van der Waals surface area (Å²) in [7, 11) is 0. The second-order valence-electron chi connectivity index (χ2n) is 4.19. The maximum Gasteiger partial charge on any atom is 0.354 e. The second-order valence-corrected chi connectivity index (χ2v) is 4.19. The molecule has 0 fully saturated rings. The number of nitrogens with zero attached hydrogens (tertiary/aromatic N) is 1. The van der Waals surface area contributed by atoms with Crippen molar-refractivity contribution < 1.29 is 29.7 Å². The van der Waals surface area contributed by atoms with E-state index in [-0.39, 0.29) is 17.9 Å². The summed E-state index contributed by atoms with van der Waals surface area (Å²) >= 11 is 0. The Morgan fingerprint density at radius 3 is 2.36 bits per heavy atom. The van der Waals surface area contributed by atoms with E-state index >= 15 is 0 Å². The lowest BCUT2D eigenvalue weighted by molar-refractivity contribution is -0.122. The van der Waals surface area contributed by atoms with E-state index in [1.165, 1.54) is 12.1 Å². The first-order valence-electron chi connectivity index (χ1n) is 5.95. The summed E-state index contributed by atoms with van der Waals surface area (Å²) in [5, 5.41) is 26.2. The quantitative estimate of drug-likeness (QED) is 0.529. The van der Waals surface area contributed by atoms with Crippen LogP contribution in [-0.2, 0) is 4.79 Å². The van der Waals surface area contributed by atoms with Crippen molar-refractivity contribution in [3.05, 3.63) is 41.7 Å². The van der Waals surface area contributed by atoms with Crippen LogP contribution in [0.4, 0.5) is 0 Å². The van der Waals surface area contributed by atoms with Crippen molar-refractivity contribution in [1.29, 1.82) is 0 Å². The lowest BCUT2D eigenvalue weighted by Gasteiger charge is -2.00. The largest absolute Gasteiger partial charge is 0.483 e. The monoisotopic (exact) mass is 302 g/mol. The van der Waals surface area contributed by atoms with Crippen LogP contribution in [0, 0.1) is 0 Å². The van der Waals surface area contributed by atoms with Gasteiger partial charge in [-0.3, -0.25) is 4.79 Å². The fourth-order valence-electron chi connectivity index (χ4n) is 2.04. The number of pyridine rings is 1. The highest BCUT2D eigenvalue weighted by Crippen LogP contribution is 2.24. The number of nitrogens with one attached hydrogen (secondary N) is 1. The fourth-order valence-corrected chi connectivity index (χ4v) is 2.04. The molecular weight excluding hydrogens is 292 g/mol. The molecule has 3 aromatic rings. The van der Waals surface area contributed by atoms with E-state index in [9.17, 15) is 9.59 Å². The van der Waals surface area contributed by atoms with Crippen LogP contribution in [0.3, 0.4) is 0 Å². The van der Waals surface area contributed by atoms with Gasteiger partial charge in [-0.05, 0) is 24.3 Å². The summed E-state index contributed by atoms with van der Waals surface area (Å²) in [6.45, 7) is -0.250. The molecule has 22 heavy (non-hydrogen) atoms. The predicted octanol–water partition coefficient (Wildman–Crippen LogP) is 1.81. The van der Waals surface area contributed by atoms with Crippen LogP contribution < -0.4 is 0 Å². The van der Waals surface area contributed by atoms with Crippen LogP contribution in [0.2, 0.25) is 0 Å². The smallest absolute Gasteiger partial charge is 0.354 e. The van der Waals surface area contributed by atoms with Gasteiger partial charge in [0.25, 0.3) is 6.47 Å². The van der Waals surface area contributed by atoms with Crippen molar-refractivity contribution in [2.24, 2.45) is 0 Å². The Morgan fingerprint density at radius 2 is 1.77 bits per heavy atom. The third-order valence-corrected chi connectivity index (χ3v) is 2.91. The minimum atomic E-state index is -1.10. The molecule has 0 aliphatic rings. The van der Waals surface area contributed by atoms with E-state index in [1.807, 2.05) is 0 Å². The standard InChI is InChI=1S/C13H8N2O4.CH2O2/c16-12(17)9-4-2-7-8(14-9)3-1-6-5-10(13(18)19)15-11(6)7;2-1-3/h1-5,15H,(H,16,17)(H,18,19);1H,(H,2,3). The molecule has 0 spiro atoms. The van der Waals surface area contributed by atoms with Crippen LogP contribution in [0.5, 0.6) is 0 Å². The van der Waals surface area contributed by atoms with Gasteiger partial charge in [0, 0.05) is 10.8 Å². The van der Waals surface area contributed by atoms with Gasteiger partial charge in [-0.1, -0.05) is 6.07 Å². The van der Waals surface area contributed by atoms with Gasteiger partial charge in [0.2, 0.25) is 0 Å². The lowest BCUT2D eigenvalue weighted by atomic mass is 10.1. The number of aromatic amines is 1. The predicted molar refractivity (Wildman–Crippen MR) is 76.2 cm³/mol. The molecule has 0 aliphatic carbocycles. The minimum Gasteiger partial charge on any atom is -0.483 e. The Hall–Kier alpha value is -3.42. The number of carbonyl (C=O) groups is 3. The van der Waals surface area contributed by atoms with Gasteiger partial charge in [-0.2, -0.15) is 0 Å². The zero-order valence-corrected chi connectivity index (χ0v) is 11.0. The van der Waals surface area contributed by atoms with E-state index in [0.717, 1.165) is 5.39 Å². The van der Waals surface area contributed by atoms with E-state index in [1.54, 1.807) is 18.2 Å². The molecule has 8 nitrogen and oxygen atoms in total. The molecule has 0 aliphatic heterocycles. The third-order valence-electron chi connectivity index (χ3n) is 2.91. The van der Waals surface area contributed by atoms with Crippen LogP contribution in [0.25, 0.3) is 21.8 Å². The molecule has 0 atom stereocenters. The number of aromatic carboxylic acids is 2. The van der Waals surface area contributed by atoms with Crippen LogP contribution in [0.15, 0.2) is 30.3 Å². The maximum atomic E-state index is 10.9. The minimum absolute atomic E-state index is 0.0446. The number of hydrogen-bond donors (Lipinski definition) is 4. The van der Waals surface area contributed by atoms with Gasteiger partial charge in [0.15, 0.2) is 0 Å². The normalized spacial score (nSPS) is 10.0. The Labute approximate surface area is 122 Å². The maximum absolute atomic E-state index is 10.9. The Balaban J connectivity index is 0.000000545. The summed E-state index contributed by atoms with van der Waals surface area (Å²) in [5.41, 5.74) is 1.19. The summed E-state index contributed by atoms with van der Waals surface area (Å²) in [6.07, 6.45) is 0. The van der Waals surface area contributed by atoms with Crippen LogP contribution in [0.1, 0.15) is 21.0 Å². The summed E-state index contributed by atoms with van der Waals surface area (Å²) in [4.78, 5) is 37.0. The molecule has 0 unspecified atom stereocenters. The molecule has 0 amide bonds. The number of fused-ring (bicyclic) bond motifs is 3. The number of carboxylic acids is 2. The van der Waals surface area contributed by atoms with Crippen molar-refractivity contribution >= 4 is 40.2 Å². The van der Waals surface area contributed by atoms with Gasteiger partial charge in [-0.25, -0.2) is 14.6 Å². The average Bonchev–Trinajstić information content (AvgIpc) is 2.92. The zero-order chi connectivity index (χ0) is 16.3. The fraction of sp³-hybridized carbons (Fsp3) is 0. The summed E-state index contributed by atoms with van der Waals surface area (Å²) in [5.74, 6) is -2.14. The van der Waals surface area contributed by atoms with Crippen molar-refractivity contribution in [3.63, 3.8) is 0 Å².